The molecule has 3 rings (SSSR count). The van der Waals surface area contributed by atoms with Gasteiger partial charge in [-0.3, -0.25) is 4.79 Å². The van der Waals surface area contributed by atoms with Crippen molar-refractivity contribution in [3.63, 3.8) is 0 Å². The molecule has 0 aromatic carbocycles. The standard InChI is InChI=1S/C11H19NO.C4H4N2O2S/c13-11(10-6-7-10)12-8-9-4-2-1-3-5-9;1-2-3(4(7)8)9-6-5-2/h9-10H,1-8H2,(H,12,13);1H3,(H,7,8). The summed E-state index contributed by atoms with van der Waals surface area (Å²) in [5, 5.41) is 15.0. The SMILES string of the molecule is Cc1nnsc1C(=O)O.O=C(NCC1CCCCC1)C1CC1. The molecule has 1 aromatic heterocycles. The van der Waals surface area contributed by atoms with Gasteiger partial charge in [-0.2, -0.15) is 0 Å². The fourth-order valence-electron chi connectivity index (χ4n) is 2.55. The molecule has 2 saturated carbocycles. The van der Waals surface area contributed by atoms with Crippen molar-refractivity contribution >= 4 is 23.4 Å². The molecule has 0 unspecified atom stereocenters. The molecule has 6 nitrogen and oxygen atoms in total. The number of carboxylic acid groups (broad SMARTS) is 1. The summed E-state index contributed by atoms with van der Waals surface area (Å²) in [5.41, 5.74) is 0.479. The maximum atomic E-state index is 11.3. The van der Waals surface area contributed by atoms with Gasteiger partial charge in [0.1, 0.15) is 0 Å². The van der Waals surface area contributed by atoms with E-state index >= 15 is 0 Å². The Hall–Kier alpha value is -1.50. The number of amides is 1. The molecule has 0 saturated heterocycles. The minimum atomic E-state index is -0.956. The molecule has 0 aliphatic heterocycles. The maximum absolute atomic E-state index is 11.3. The van der Waals surface area contributed by atoms with Crippen LogP contribution in [0.1, 0.15) is 60.3 Å². The summed E-state index contributed by atoms with van der Waals surface area (Å²) in [5.74, 6) is 0.508. The van der Waals surface area contributed by atoms with Gasteiger partial charge in [-0.15, -0.1) is 5.10 Å². The summed E-state index contributed by atoms with van der Waals surface area (Å²) in [7, 11) is 0. The summed E-state index contributed by atoms with van der Waals surface area (Å²) in [6, 6.07) is 0. The molecule has 2 N–H and O–H groups in total. The molecular formula is C15H23N3O3S. The van der Waals surface area contributed by atoms with Gasteiger partial charge in [-0.1, -0.05) is 23.8 Å². The monoisotopic (exact) mass is 325 g/mol. The summed E-state index contributed by atoms with van der Waals surface area (Å²) in [6.45, 7) is 2.56. The molecular weight excluding hydrogens is 302 g/mol. The predicted octanol–water partition coefficient (Wildman–Crippen LogP) is 2.64. The predicted molar refractivity (Wildman–Crippen MR) is 83.9 cm³/mol. The molecule has 7 heteroatoms. The van der Waals surface area contributed by atoms with Gasteiger partial charge in [0, 0.05) is 12.5 Å². The quantitative estimate of drug-likeness (QED) is 0.888. The van der Waals surface area contributed by atoms with E-state index in [-0.39, 0.29) is 4.88 Å². The van der Waals surface area contributed by atoms with Crippen LogP contribution in [-0.2, 0) is 4.79 Å². The average molecular weight is 325 g/mol. The van der Waals surface area contributed by atoms with E-state index in [1.807, 2.05) is 0 Å². The largest absolute Gasteiger partial charge is 0.477 e. The Kier molecular flexibility index (Phi) is 6.30. The van der Waals surface area contributed by atoms with E-state index in [9.17, 15) is 9.59 Å². The van der Waals surface area contributed by atoms with Crippen molar-refractivity contribution in [3.05, 3.63) is 10.6 Å². The Labute approximate surface area is 134 Å². The molecule has 0 atom stereocenters. The Balaban J connectivity index is 0.000000172. The van der Waals surface area contributed by atoms with Crippen molar-refractivity contribution in [1.29, 1.82) is 0 Å². The zero-order valence-corrected chi connectivity index (χ0v) is 13.7. The summed E-state index contributed by atoms with van der Waals surface area (Å²) < 4.78 is 3.45. The highest BCUT2D eigenvalue weighted by Crippen LogP contribution is 2.29. The number of nitrogens with one attached hydrogen (secondary N) is 1. The lowest BCUT2D eigenvalue weighted by Gasteiger charge is -2.21. The van der Waals surface area contributed by atoms with Crippen molar-refractivity contribution in [2.24, 2.45) is 11.8 Å². The molecule has 1 amide bonds. The highest BCUT2D eigenvalue weighted by molar-refractivity contribution is 7.07. The third kappa shape index (κ3) is 5.36. The van der Waals surface area contributed by atoms with Crippen molar-refractivity contribution in [2.75, 3.05) is 6.54 Å². The number of rotatable bonds is 4. The van der Waals surface area contributed by atoms with Crippen LogP contribution in [-0.4, -0.2) is 33.1 Å². The van der Waals surface area contributed by atoms with E-state index < -0.39 is 5.97 Å². The van der Waals surface area contributed by atoms with Gasteiger partial charge in [-0.05, 0) is 50.1 Å². The highest BCUT2D eigenvalue weighted by Gasteiger charge is 2.29. The third-order valence-electron chi connectivity index (χ3n) is 4.08. The van der Waals surface area contributed by atoms with E-state index in [1.54, 1.807) is 6.92 Å². The van der Waals surface area contributed by atoms with Gasteiger partial charge in [0.2, 0.25) is 5.91 Å². The molecule has 2 aliphatic carbocycles. The smallest absolute Gasteiger partial charge is 0.349 e. The average Bonchev–Trinajstić information content (AvgIpc) is 3.28. The zero-order valence-electron chi connectivity index (χ0n) is 12.9. The van der Waals surface area contributed by atoms with Gasteiger partial charge in [0.05, 0.1) is 5.69 Å². The van der Waals surface area contributed by atoms with E-state index in [4.69, 9.17) is 5.11 Å². The molecule has 0 spiro atoms. The van der Waals surface area contributed by atoms with Gasteiger partial charge in [0.15, 0.2) is 4.88 Å². The number of carbonyl (C=O) groups excluding carboxylic acids is 1. The number of aromatic nitrogens is 2. The van der Waals surface area contributed by atoms with Gasteiger partial charge >= 0.3 is 5.97 Å². The van der Waals surface area contributed by atoms with E-state index in [2.05, 4.69) is 14.9 Å². The third-order valence-corrected chi connectivity index (χ3v) is 4.90. The summed E-state index contributed by atoms with van der Waals surface area (Å²) >= 11 is 0.897. The highest BCUT2D eigenvalue weighted by atomic mass is 32.1. The van der Waals surface area contributed by atoms with Crippen molar-refractivity contribution in [1.82, 2.24) is 14.9 Å². The van der Waals surface area contributed by atoms with Crippen LogP contribution < -0.4 is 5.32 Å². The van der Waals surface area contributed by atoms with Crippen LogP contribution in [0.4, 0.5) is 0 Å². The second kappa shape index (κ2) is 8.22. The van der Waals surface area contributed by atoms with Crippen LogP contribution in [0.3, 0.4) is 0 Å². The van der Waals surface area contributed by atoms with Gasteiger partial charge < -0.3 is 10.4 Å². The van der Waals surface area contributed by atoms with Crippen molar-refractivity contribution in [2.45, 2.75) is 51.9 Å². The van der Waals surface area contributed by atoms with E-state index in [0.717, 1.165) is 36.8 Å². The number of aryl methyl sites for hydroxylation is 1. The van der Waals surface area contributed by atoms with Crippen molar-refractivity contribution in [3.8, 4) is 0 Å². The van der Waals surface area contributed by atoms with E-state index in [1.165, 1.54) is 32.1 Å². The first-order valence-electron chi connectivity index (χ1n) is 7.88. The lowest BCUT2D eigenvalue weighted by Crippen LogP contribution is -2.31. The first kappa shape index (κ1) is 16.9. The first-order valence-corrected chi connectivity index (χ1v) is 8.65. The molecule has 1 aromatic rings. The summed E-state index contributed by atoms with van der Waals surface area (Å²) in [6.07, 6.45) is 9.02. The second-order valence-corrected chi connectivity index (χ2v) is 6.77. The zero-order chi connectivity index (χ0) is 15.9. The molecule has 22 heavy (non-hydrogen) atoms. The number of aromatic carboxylic acids is 1. The molecule has 122 valence electrons. The van der Waals surface area contributed by atoms with E-state index in [0.29, 0.717) is 17.5 Å². The molecule has 1 heterocycles. The number of hydrogen-bond acceptors (Lipinski definition) is 5. The Morgan fingerprint density at radius 3 is 2.36 bits per heavy atom. The minimum absolute atomic E-state index is 0.218. The normalized spacial score (nSPS) is 18.2. The molecule has 2 fully saturated rings. The fourth-order valence-corrected chi connectivity index (χ4v) is 3.05. The first-order chi connectivity index (χ1) is 10.6. The number of carbonyl (C=O) groups is 2. The van der Waals surface area contributed by atoms with Crippen molar-refractivity contribution < 1.29 is 14.7 Å². The number of nitrogens with zero attached hydrogens (tertiary/aromatic N) is 2. The lowest BCUT2D eigenvalue weighted by atomic mass is 9.89. The Bertz CT molecular complexity index is 508. The summed E-state index contributed by atoms with van der Waals surface area (Å²) in [4.78, 5) is 21.8. The number of carboxylic acids is 1. The van der Waals surface area contributed by atoms with Crippen LogP contribution >= 0.6 is 11.5 Å². The van der Waals surface area contributed by atoms with Crippen LogP contribution in [0.15, 0.2) is 0 Å². The van der Waals surface area contributed by atoms with Crippen LogP contribution in [0.5, 0.6) is 0 Å². The topological polar surface area (TPSA) is 92.2 Å². The van der Waals surface area contributed by atoms with Crippen LogP contribution in [0, 0.1) is 18.8 Å². The van der Waals surface area contributed by atoms with Crippen LogP contribution in [0.25, 0.3) is 0 Å². The minimum Gasteiger partial charge on any atom is -0.477 e. The maximum Gasteiger partial charge on any atom is 0.349 e. The Morgan fingerprint density at radius 1 is 1.23 bits per heavy atom. The van der Waals surface area contributed by atoms with Gasteiger partial charge in [-0.25, -0.2) is 4.79 Å². The second-order valence-electron chi connectivity index (χ2n) is 6.02. The molecule has 2 aliphatic rings. The molecule has 0 radical (unpaired) electrons. The van der Waals surface area contributed by atoms with Gasteiger partial charge in [0.25, 0.3) is 0 Å². The lowest BCUT2D eigenvalue weighted by molar-refractivity contribution is -0.122. The molecule has 0 bridgehead atoms. The Morgan fingerprint density at radius 2 is 1.91 bits per heavy atom. The number of hydrogen-bond donors (Lipinski definition) is 2. The fraction of sp³-hybridized carbons (Fsp3) is 0.733. The van der Waals surface area contributed by atoms with Crippen LogP contribution in [0.2, 0.25) is 0 Å².